The Balaban J connectivity index is 2.42. The van der Waals surface area contributed by atoms with Gasteiger partial charge in [-0.3, -0.25) is 0 Å². The summed E-state index contributed by atoms with van der Waals surface area (Å²) in [4.78, 5) is 4.16. The van der Waals surface area contributed by atoms with Crippen LogP contribution in [0.15, 0.2) is 4.52 Å². The Morgan fingerprint density at radius 3 is 2.93 bits per heavy atom. The molecule has 0 amide bonds. The van der Waals surface area contributed by atoms with Gasteiger partial charge in [0.05, 0.1) is 18.4 Å². The van der Waals surface area contributed by atoms with Gasteiger partial charge in [0.25, 0.3) is 0 Å². The van der Waals surface area contributed by atoms with Crippen molar-refractivity contribution in [2.75, 3.05) is 13.2 Å². The minimum Gasteiger partial charge on any atom is -0.381 e. The number of rotatable bonds is 6. The first kappa shape index (κ1) is 11.5. The second kappa shape index (κ2) is 5.98. The van der Waals surface area contributed by atoms with Crippen molar-refractivity contribution < 1.29 is 9.26 Å². The highest BCUT2D eigenvalue weighted by Gasteiger charge is 2.13. The zero-order chi connectivity index (χ0) is 10.4. The predicted octanol–water partition coefficient (Wildman–Crippen LogP) is 2.34. The van der Waals surface area contributed by atoms with Crippen LogP contribution in [0.4, 0.5) is 0 Å². The molecule has 80 valence electrons. The third kappa shape index (κ3) is 3.27. The standard InChI is InChI=1S/C9H15ClN2O2/c1-3-7(10)9-11-8(14-12-9)5-6-13-4-2/h7H,3-6H2,1-2H3. The zero-order valence-corrected chi connectivity index (χ0v) is 9.25. The molecule has 1 unspecified atom stereocenters. The molecule has 0 saturated carbocycles. The van der Waals surface area contributed by atoms with Gasteiger partial charge in [-0.15, -0.1) is 11.6 Å². The maximum absolute atomic E-state index is 5.95. The molecule has 0 bridgehead atoms. The normalized spacial score (nSPS) is 13.1. The first-order valence-corrected chi connectivity index (χ1v) is 5.25. The Morgan fingerprint density at radius 2 is 2.29 bits per heavy atom. The second-order valence-corrected chi connectivity index (χ2v) is 3.40. The molecule has 1 rings (SSSR count). The summed E-state index contributed by atoms with van der Waals surface area (Å²) in [6, 6.07) is 0. The van der Waals surface area contributed by atoms with Crippen LogP contribution in [0.1, 0.15) is 37.4 Å². The van der Waals surface area contributed by atoms with E-state index < -0.39 is 0 Å². The molecule has 0 aliphatic rings. The predicted molar refractivity (Wildman–Crippen MR) is 53.4 cm³/mol. The lowest BCUT2D eigenvalue weighted by Crippen LogP contribution is -1.98. The average molecular weight is 219 g/mol. The second-order valence-electron chi connectivity index (χ2n) is 2.87. The van der Waals surface area contributed by atoms with E-state index in [4.69, 9.17) is 20.9 Å². The number of halogens is 1. The summed E-state index contributed by atoms with van der Waals surface area (Å²) in [6.45, 7) is 5.24. The highest BCUT2D eigenvalue weighted by Crippen LogP contribution is 2.20. The molecule has 0 aliphatic heterocycles. The molecular weight excluding hydrogens is 204 g/mol. The summed E-state index contributed by atoms with van der Waals surface area (Å²) in [5.74, 6) is 1.16. The van der Waals surface area contributed by atoms with Crippen LogP contribution >= 0.6 is 11.6 Å². The number of alkyl halides is 1. The van der Waals surface area contributed by atoms with Crippen LogP contribution in [0.2, 0.25) is 0 Å². The van der Waals surface area contributed by atoms with Gasteiger partial charge in [0, 0.05) is 6.61 Å². The zero-order valence-electron chi connectivity index (χ0n) is 8.49. The summed E-state index contributed by atoms with van der Waals surface area (Å²) in [5.41, 5.74) is 0. The quantitative estimate of drug-likeness (QED) is 0.543. The third-order valence-corrected chi connectivity index (χ3v) is 2.29. The monoisotopic (exact) mass is 218 g/mol. The SMILES string of the molecule is CCOCCc1nc(C(Cl)CC)no1. The van der Waals surface area contributed by atoms with Gasteiger partial charge in [-0.1, -0.05) is 12.1 Å². The van der Waals surface area contributed by atoms with E-state index in [2.05, 4.69) is 10.1 Å². The van der Waals surface area contributed by atoms with Crippen molar-refractivity contribution in [2.24, 2.45) is 0 Å². The number of ether oxygens (including phenoxy) is 1. The lowest BCUT2D eigenvalue weighted by Gasteiger charge is -1.96. The van der Waals surface area contributed by atoms with Gasteiger partial charge in [-0.25, -0.2) is 0 Å². The van der Waals surface area contributed by atoms with Crippen molar-refractivity contribution in [2.45, 2.75) is 32.1 Å². The fourth-order valence-corrected chi connectivity index (χ4v) is 1.07. The van der Waals surface area contributed by atoms with E-state index in [-0.39, 0.29) is 5.38 Å². The van der Waals surface area contributed by atoms with E-state index in [1.54, 1.807) is 0 Å². The molecule has 1 atom stereocenters. The van der Waals surface area contributed by atoms with Crippen LogP contribution in [-0.2, 0) is 11.2 Å². The molecule has 0 spiro atoms. The molecule has 0 aliphatic carbocycles. The molecular formula is C9H15ClN2O2. The highest BCUT2D eigenvalue weighted by molar-refractivity contribution is 6.20. The molecule has 1 aromatic rings. The van der Waals surface area contributed by atoms with E-state index in [0.29, 0.717) is 31.3 Å². The van der Waals surface area contributed by atoms with Gasteiger partial charge < -0.3 is 9.26 Å². The van der Waals surface area contributed by atoms with Crippen LogP contribution in [0.25, 0.3) is 0 Å². The first-order valence-electron chi connectivity index (χ1n) is 4.82. The van der Waals surface area contributed by atoms with Crippen molar-refractivity contribution in [3.05, 3.63) is 11.7 Å². The molecule has 0 radical (unpaired) electrons. The Labute approximate surface area is 88.6 Å². The summed E-state index contributed by atoms with van der Waals surface area (Å²) in [5, 5.41) is 3.64. The largest absolute Gasteiger partial charge is 0.381 e. The molecule has 1 heterocycles. The van der Waals surface area contributed by atoms with Gasteiger partial charge >= 0.3 is 0 Å². The third-order valence-electron chi connectivity index (χ3n) is 1.79. The van der Waals surface area contributed by atoms with Crippen molar-refractivity contribution in [3.63, 3.8) is 0 Å². The van der Waals surface area contributed by atoms with Crippen molar-refractivity contribution in [3.8, 4) is 0 Å². The fourth-order valence-electron chi connectivity index (χ4n) is 0.983. The van der Waals surface area contributed by atoms with Crippen LogP contribution in [0.3, 0.4) is 0 Å². The van der Waals surface area contributed by atoms with Gasteiger partial charge in [0.1, 0.15) is 0 Å². The van der Waals surface area contributed by atoms with Crippen molar-refractivity contribution >= 4 is 11.6 Å². The molecule has 0 N–H and O–H groups in total. The van der Waals surface area contributed by atoms with Gasteiger partial charge in [0.15, 0.2) is 5.82 Å². The van der Waals surface area contributed by atoms with Crippen LogP contribution in [0, 0.1) is 0 Å². The maximum atomic E-state index is 5.95. The Hall–Kier alpha value is -0.610. The van der Waals surface area contributed by atoms with E-state index in [9.17, 15) is 0 Å². The summed E-state index contributed by atoms with van der Waals surface area (Å²) in [7, 11) is 0. The molecule has 0 aromatic carbocycles. The van der Waals surface area contributed by atoms with Crippen LogP contribution in [-0.4, -0.2) is 23.4 Å². The smallest absolute Gasteiger partial charge is 0.229 e. The first-order chi connectivity index (χ1) is 6.77. The Bertz CT molecular complexity index is 265. The van der Waals surface area contributed by atoms with Gasteiger partial charge in [-0.05, 0) is 13.3 Å². The van der Waals surface area contributed by atoms with E-state index in [0.717, 1.165) is 6.42 Å². The number of aromatic nitrogens is 2. The number of hydrogen-bond donors (Lipinski definition) is 0. The number of nitrogens with zero attached hydrogens (tertiary/aromatic N) is 2. The lowest BCUT2D eigenvalue weighted by atomic mass is 10.3. The maximum Gasteiger partial charge on any atom is 0.229 e. The van der Waals surface area contributed by atoms with Crippen molar-refractivity contribution in [1.29, 1.82) is 0 Å². The van der Waals surface area contributed by atoms with Gasteiger partial charge in [0.2, 0.25) is 5.89 Å². The fraction of sp³-hybridized carbons (Fsp3) is 0.778. The highest BCUT2D eigenvalue weighted by atomic mass is 35.5. The van der Waals surface area contributed by atoms with Crippen molar-refractivity contribution in [1.82, 2.24) is 10.1 Å². The summed E-state index contributed by atoms with van der Waals surface area (Å²) < 4.78 is 10.2. The Morgan fingerprint density at radius 1 is 1.50 bits per heavy atom. The molecule has 4 nitrogen and oxygen atoms in total. The number of hydrogen-bond acceptors (Lipinski definition) is 4. The van der Waals surface area contributed by atoms with E-state index in [1.165, 1.54) is 0 Å². The molecule has 14 heavy (non-hydrogen) atoms. The average Bonchev–Trinajstić information content (AvgIpc) is 2.66. The Kier molecular flexibility index (Phi) is 4.90. The minimum atomic E-state index is -0.153. The topological polar surface area (TPSA) is 48.2 Å². The summed E-state index contributed by atoms with van der Waals surface area (Å²) >= 11 is 5.95. The van der Waals surface area contributed by atoms with Crippen LogP contribution < -0.4 is 0 Å². The van der Waals surface area contributed by atoms with E-state index in [1.807, 2.05) is 13.8 Å². The lowest BCUT2D eigenvalue weighted by molar-refractivity contribution is 0.144. The van der Waals surface area contributed by atoms with E-state index >= 15 is 0 Å². The summed E-state index contributed by atoms with van der Waals surface area (Å²) in [6.07, 6.45) is 1.44. The van der Waals surface area contributed by atoms with Gasteiger partial charge in [-0.2, -0.15) is 4.98 Å². The molecule has 5 heteroatoms. The minimum absolute atomic E-state index is 0.153. The van der Waals surface area contributed by atoms with Crippen LogP contribution in [0.5, 0.6) is 0 Å². The molecule has 1 aromatic heterocycles. The molecule has 0 saturated heterocycles. The molecule has 0 fully saturated rings.